The Bertz CT molecular complexity index is 946. The molecule has 2 aromatic rings. The fraction of sp³-hybridized carbons (Fsp3) is 0.458. The zero-order chi connectivity index (χ0) is 22.7. The van der Waals surface area contributed by atoms with Crippen molar-refractivity contribution in [2.45, 2.75) is 32.3 Å². The van der Waals surface area contributed by atoms with Gasteiger partial charge in [0, 0.05) is 44.4 Å². The topological polar surface area (TPSA) is 71.5 Å². The summed E-state index contributed by atoms with van der Waals surface area (Å²) in [7, 11) is 0. The van der Waals surface area contributed by atoms with Crippen molar-refractivity contribution in [2.24, 2.45) is 0 Å². The summed E-state index contributed by atoms with van der Waals surface area (Å²) in [4.78, 5) is 15.6. The molecule has 0 aliphatic carbocycles. The number of nitrogens with zero attached hydrogens (tertiary/aromatic N) is 2. The largest absolute Gasteiger partial charge is 0.491 e. The number of carbonyl (C=O) groups is 1. The van der Waals surface area contributed by atoms with Crippen molar-refractivity contribution in [1.82, 2.24) is 4.90 Å². The van der Waals surface area contributed by atoms with Gasteiger partial charge in [-0.25, -0.2) is 4.39 Å². The van der Waals surface area contributed by atoms with Gasteiger partial charge in [-0.05, 0) is 48.9 Å². The zero-order valence-corrected chi connectivity index (χ0v) is 18.4. The standard InChI is InChI=1S/C24H29FN2O5/c1-17(29)26-9-11-27(12-10-26)20-4-6-21(7-5-20)30-15-22-16-31-24(2,32-22)23-8-3-19(25)13-18(23)14-28/h3-8,13,22,28H,9-12,14-16H2,1-2H3. The Morgan fingerprint density at radius 2 is 1.91 bits per heavy atom. The molecule has 0 aromatic heterocycles. The van der Waals surface area contributed by atoms with Gasteiger partial charge in [-0.1, -0.05) is 6.07 Å². The molecule has 2 saturated heterocycles. The summed E-state index contributed by atoms with van der Waals surface area (Å²) in [5, 5.41) is 9.57. The average molecular weight is 445 g/mol. The van der Waals surface area contributed by atoms with E-state index in [4.69, 9.17) is 14.2 Å². The van der Waals surface area contributed by atoms with Gasteiger partial charge in [0.15, 0.2) is 5.79 Å². The second kappa shape index (κ2) is 9.44. The minimum absolute atomic E-state index is 0.120. The Morgan fingerprint density at radius 3 is 2.56 bits per heavy atom. The molecule has 172 valence electrons. The highest BCUT2D eigenvalue weighted by atomic mass is 19.1. The molecule has 0 bridgehead atoms. The lowest BCUT2D eigenvalue weighted by Crippen LogP contribution is -2.48. The second-order valence-electron chi connectivity index (χ2n) is 8.25. The van der Waals surface area contributed by atoms with Gasteiger partial charge < -0.3 is 29.1 Å². The van der Waals surface area contributed by atoms with Crippen LogP contribution in [0.3, 0.4) is 0 Å². The minimum atomic E-state index is -1.06. The van der Waals surface area contributed by atoms with Crippen LogP contribution < -0.4 is 9.64 Å². The van der Waals surface area contributed by atoms with Crippen LogP contribution in [-0.4, -0.2) is 61.4 Å². The first-order chi connectivity index (χ1) is 15.4. The Hall–Kier alpha value is -2.68. The van der Waals surface area contributed by atoms with Crippen LogP contribution >= 0.6 is 0 Å². The number of rotatable bonds is 6. The predicted octanol–water partition coefficient (Wildman–Crippen LogP) is 2.65. The number of piperazine rings is 1. The number of halogens is 1. The number of hydrogen-bond acceptors (Lipinski definition) is 6. The van der Waals surface area contributed by atoms with E-state index in [0.29, 0.717) is 24.3 Å². The van der Waals surface area contributed by atoms with E-state index in [9.17, 15) is 14.3 Å². The van der Waals surface area contributed by atoms with Gasteiger partial charge in [0.1, 0.15) is 24.3 Å². The molecule has 32 heavy (non-hydrogen) atoms. The van der Waals surface area contributed by atoms with Gasteiger partial charge >= 0.3 is 0 Å². The summed E-state index contributed by atoms with van der Waals surface area (Å²) in [5.41, 5.74) is 2.15. The lowest BCUT2D eigenvalue weighted by Gasteiger charge is -2.35. The number of carbonyl (C=O) groups excluding carboxylic acids is 1. The van der Waals surface area contributed by atoms with Gasteiger partial charge in [-0.3, -0.25) is 4.79 Å². The lowest BCUT2D eigenvalue weighted by atomic mass is 10.0. The number of hydrogen-bond donors (Lipinski definition) is 1. The Kier molecular flexibility index (Phi) is 6.64. The lowest BCUT2D eigenvalue weighted by molar-refractivity contribution is -0.165. The molecule has 2 aliphatic heterocycles. The fourth-order valence-electron chi connectivity index (χ4n) is 4.22. The summed E-state index contributed by atoms with van der Waals surface area (Å²) in [5.74, 6) is -0.629. The Morgan fingerprint density at radius 1 is 1.19 bits per heavy atom. The third kappa shape index (κ3) is 4.87. The molecule has 0 spiro atoms. The molecule has 2 unspecified atom stereocenters. The minimum Gasteiger partial charge on any atom is -0.491 e. The van der Waals surface area contributed by atoms with E-state index < -0.39 is 11.6 Å². The van der Waals surface area contributed by atoms with Gasteiger partial charge in [-0.15, -0.1) is 0 Å². The predicted molar refractivity (Wildman–Crippen MR) is 117 cm³/mol. The quantitative estimate of drug-likeness (QED) is 0.739. The number of anilines is 1. The average Bonchev–Trinajstić information content (AvgIpc) is 3.19. The van der Waals surface area contributed by atoms with Crippen molar-refractivity contribution in [1.29, 1.82) is 0 Å². The van der Waals surface area contributed by atoms with E-state index in [0.717, 1.165) is 37.6 Å². The summed E-state index contributed by atoms with van der Waals surface area (Å²) in [6.07, 6.45) is -0.295. The number of aliphatic hydroxyl groups excluding tert-OH is 1. The molecule has 2 heterocycles. The number of benzene rings is 2. The third-order valence-electron chi connectivity index (χ3n) is 6.03. The van der Waals surface area contributed by atoms with E-state index in [1.54, 1.807) is 19.9 Å². The van der Waals surface area contributed by atoms with Crippen LogP contribution in [-0.2, 0) is 26.7 Å². The monoisotopic (exact) mass is 444 g/mol. The molecule has 1 N–H and O–H groups in total. The molecule has 2 aliphatic rings. The molecular formula is C24H29FN2O5. The molecular weight excluding hydrogens is 415 g/mol. The van der Waals surface area contributed by atoms with Crippen LogP contribution in [0, 0.1) is 5.82 Å². The van der Waals surface area contributed by atoms with Crippen molar-refractivity contribution in [3.63, 3.8) is 0 Å². The normalized spacial score (nSPS) is 23.4. The molecule has 7 nitrogen and oxygen atoms in total. The molecule has 4 rings (SSSR count). The molecule has 2 fully saturated rings. The SMILES string of the molecule is CC(=O)N1CCN(c2ccc(OCC3COC(C)(c4ccc(F)cc4CO)O3)cc2)CC1. The number of ether oxygens (including phenoxy) is 3. The molecule has 1 amide bonds. The van der Waals surface area contributed by atoms with Crippen LogP contribution in [0.25, 0.3) is 0 Å². The highest BCUT2D eigenvalue weighted by Crippen LogP contribution is 2.36. The van der Waals surface area contributed by atoms with Crippen LogP contribution in [0.2, 0.25) is 0 Å². The molecule has 2 atom stereocenters. The Labute approximate surface area is 187 Å². The molecule has 8 heteroatoms. The van der Waals surface area contributed by atoms with E-state index in [1.807, 2.05) is 29.2 Å². The first-order valence-corrected chi connectivity index (χ1v) is 10.8. The van der Waals surface area contributed by atoms with Crippen LogP contribution in [0.4, 0.5) is 10.1 Å². The first-order valence-electron chi connectivity index (χ1n) is 10.8. The highest BCUT2D eigenvalue weighted by molar-refractivity contribution is 5.73. The Balaban J connectivity index is 1.31. The third-order valence-corrected chi connectivity index (χ3v) is 6.03. The maximum absolute atomic E-state index is 13.5. The van der Waals surface area contributed by atoms with E-state index in [1.165, 1.54) is 12.1 Å². The van der Waals surface area contributed by atoms with Gasteiger partial charge in [0.2, 0.25) is 5.91 Å². The van der Waals surface area contributed by atoms with E-state index in [2.05, 4.69) is 4.90 Å². The maximum atomic E-state index is 13.5. The second-order valence-corrected chi connectivity index (χ2v) is 8.25. The van der Waals surface area contributed by atoms with Crippen molar-refractivity contribution >= 4 is 11.6 Å². The summed E-state index contributed by atoms with van der Waals surface area (Å²) in [6.45, 7) is 6.80. The van der Waals surface area contributed by atoms with Gasteiger partial charge in [-0.2, -0.15) is 0 Å². The van der Waals surface area contributed by atoms with Crippen molar-refractivity contribution < 1.29 is 28.5 Å². The van der Waals surface area contributed by atoms with Crippen molar-refractivity contribution in [3.8, 4) is 5.75 Å². The first kappa shape index (κ1) is 22.5. The molecule has 0 saturated carbocycles. The van der Waals surface area contributed by atoms with Crippen LogP contribution in [0.1, 0.15) is 25.0 Å². The summed E-state index contributed by atoms with van der Waals surface area (Å²) < 4.78 is 31.3. The van der Waals surface area contributed by atoms with E-state index in [-0.39, 0.29) is 18.6 Å². The number of aliphatic hydroxyl groups is 1. The van der Waals surface area contributed by atoms with Crippen LogP contribution in [0.15, 0.2) is 42.5 Å². The number of amides is 1. The zero-order valence-electron chi connectivity index (χ0n) is 18.4. The van der Waals surface area contributed by atoms with Crippen molar-refractivity contribution in [3.05, 3.63) is 59.4 Å². The molecule has 0 radical (unpaired) electrons. The van der Waals surface area contributed by atoms with E-state index >= 15 is 0 Å². The maximum Gasteiger partial charge on any atom is 0.219 e. The summed E-state index contributed by atoms with van der Waals surface area (Å²) >= 11 is 0. The van der Waals surface area contributed by atoms with Crippen molar-refractivity contribution in [2.75, 3.05) is 44.3 Å². The van der Waals surface area contributed by atoms with Crippen LogP contribution in [0.5, 0.6) is 5.75 Å². The highest BCUT2D eigenvalue weighted by Gasteiger charge is 2.40. The van der Waals surface area contributed by atoms with Gasteiger partial charge in [0.25, 0.3) is 0 Å². The summed E-state index contributed by atoms with van der Waals surface area (Å²) in [6, 6.07) is 12.1. The fourth-order valence-corrected chi connectivity index (χ4v) is 4.22. The van der Waals surface area contributed by atoms with Gasteiger partial charge in [0.05, 0.1) is 13.2 Å². The smallest absolute Gasteiger partial charge is 0.219 e. The molecule has 2 aromatic carbocycles.